The van der Waals surface area contributed by atoms with Crippen LogP contribution in [0.3, 0.4) is 0 Å². The number of rotatable bonds is 1. The van der Waals surface area contributed by atoms with Crippen LogP contribution in [-0.2, 0) is 0 Å². The molecule has 0 saturated heterocycles. The molecule has 28 heavy (non-hydrogen) atoms. The number of aromatic nitrogens is 2. The molecule has 4 aromatic carbocycles. The van der Waals surface area contributed by atoms with E-state index in [0.29, 0.717) is 11.0 Å². The van der Waals surface area contributed by atoms with Crippen LogP contribution in [0.1, 0.15) is 0 Å². The lowest BCUT2D eigenvalue weighted by Gasteiger charge is -2.04. The lowest BCUT2D eigenvalue weighted by atomic mass is 10.1. The summed E-state index contributed by atoms with van der Waals surface area (Å²) >= 11 is 8.32. The molecule has 132 valence electrons. The van der Waals surface area contributed by atoms with Crippen molar-refractivity contribution in [1.29, 1.82) is 0 Å². The fourth-order valence-corrected chi connectivity index (χ4v) is 5.21. The van der Waals surface area contributed by atoms with Gasteiger partial charge >= 0.3 is 0 Å². The van der Waals surface area contributed by atoms with E-state index in [1.54, 1.807) is 11.3 Å². The minimum Gasteiger partial charge on any atom is -0.217 e. The molecule has 4 heteroatoms. The highest BCUT2D eigenvalue weighted by Gasteiger charge is 2.15. The quantitative estimate of drug-likeness (QED) is 0.269. The normalized spacial score (nSPS) is 11.8. The van der Waals surface area contributed by atoms with Gasteiger partial charge in [0.05, 0.1) is 5.39 Å². The topological polar surface area (TPSA) is 25.8 Å². The molecule has 2 nitrogen and oxygen atoms in total. The van der Waals surface area contributed by atoms with E-state index in [2.05, 4.69) is 71.7 Å². The Hall–Kier alpha value is -3.01. The van der Waals surface area contributed by atoms with Gasteiger partial charge in [-0.05, 0) is 39.7 Å². The Bertz CT molecular complexity index is 1530. The number of thiophene rings is 1. The van der Waals surface area contributed by atoms with Gasteiger partial charge in [0.15, 0.2) is 5.82 Å². The van der Waals surface area contributed by atoms with E-state index < -0.39 is 0 Å². The van der Waals surface area contributed by atoms with Gasteiger partial charge in [-0.25, -0.2) is 9.97 Å². The Labute approximate surface area is 170 Å². The maximum absolute atomic E-state index is 6.66. The van der Waals surface area contributed by atoms with Crippen molar-refractivity contribution in [3.8, 4) is 11.4 Å². The molecule has 2 heterocycles. The molecule has 0 unspecified atom stereocenters. The molecule has 0 bridgehead atoms. The summed E-state index contributed by atoms with van der Waals surface area (Å²) in [6, 6.07) is 27.3. The van der Waals surface area contributed by atoms with Gasteiger partial charge in [0.25, 0.3) is 0 Å². The second-order valence-corrected chi connectivity index (χ2v) is 8.27. The Morgan fingerprint density at radius 3 is 2.14 bits per heavy atom. The molecule has 0 spiro atoms. The van der Waals surface area contributed by atoms with Crippen molar-refractivity contribution >= 4 is 64.8 Å². The smallest absolute Gasteiger partial charge is 0.162 e. The first-order valence-corrected chi connectivity index (χ1v) is 10.2. The minimum atomic E-state index is 0.509. The molecule has 0 fully saturated rings. The van der Waals surface area contributed by atoms with Crippen molar-refractivity contribution in [1.82, 2.24) is 9.97 Å². The molecule has 6 rings (SSSR count). The Morgan fingerprint density at radius 2 is 1.36 bits per heavy atom. The number of fused-ring (bicyclic) bond motifs is 5. The van der Waals surface area contributed by atoms with E-state index in [4.69, 9.17) is 16.6 Å². The first-order chi connectivity index (χ1) is 13.8. The minimum absolute atomic E-state index is 0.509. The summed E-state index contributed by atoms with van der Waals surface area (Å²) in [5.74, 6) is 0.666. The van der Waals surface area contributed by atoms with E-state index in [1.165, 1.54) is 26.2 Å². The van der Waals surface area contributed by atoms with Crippen LogP contribution in [0, 0.1) is 0 Å². The van der Waals surface area contributed by atoms with Gasteiger partial charge in [-0.3, -0.25) is 0 Å². The van der Waals surface area contributed by atoms with Gasteiger partial charge in [0.2, 0.25) is 0 Å². The molecule has 0 N–H and O–H groups in total. The predicted molar refractivity (Wildman–Crippen MR) is 120 cm³/mol. The summed E-state index contributed by atoms with van der Waals surface area (Å²) in [5, 5.41) is 7.36. The summed E-state index contributed by atoms with van der Waals surface area (Å²) in [6.45, 7) is 0. The third kappa shape index (κ3) is 2.40. The second kappa shape index (κ2) is 5.99. The van der Waals surface area contributed by atoms with Crippen LogP contribution < -0.4 is 0 Å². The molecule has 0 aliphatic carbocycles. The highest BCUT2D eigenvalue weighted by atomic mass is 35.5. The lowest BCUT2D eigenvalue weighted by molar-refractivity contribution is 1.24. The van der Waals surface area contributed by atoms with Gasteiger partial charge in [-0.15, -0.1) is 11.3 Å². The number of halogens is 1. The van der Waals surface area contributed by atoms with Gasteiger partial charge in [0, 0.05) is 15.6 Å². The second-order valence-electron chi connectivity index (χ2n) is 6.88. The summed E-state index contributed by atoms with van der Waals surface area (Å²) in [4.78, 5) is 10.4. The molecule has 0 saturated carbocycles. The first-order valence-electron chi connectivity index (χ1n) is 9.04. The molecular formula is C24H13ClN2S. The Balaban J connectivity index is 1.62. The average Bonchev–Trinajstić information content (AvgIpc) is 3.09. The average molecular weight is 397 g/mol. The van der Waals surface area contributed by atoms with E-state index in [0.717, 1.165) is 21.2 Å². The van der Waals surface area contributed by atoms with Crippen LogP contribution in [0.25, 0.3) is 53.2 Å². The molecule has 0 atom stereocenters. The zero-order valence-electron chi connectivity index (χ0n) is 14.7. The monoisotopic (exact) mass is 396 g/mol. The van der Waals surface area contributed by atoms with Crippen molar-refractivity contribution < 1.29 is 0 Å². The molecule has 0 aliphatic heterocycles. The highest BCUT2D eigenvalue weighted by Crippen LogP contribution is 2.39. The van der Waals surface area contributed by atoms with Crippen molar-refractivity contribution in [2.45, 2.75) is 0 Å². The lowest BCUT2D eigenvalue weighted by Crippen LogP contribution is -1.90. The third-order valence-corrected chi connectivity index (χ3v) is 6.48. The zero-order chi connectivity index (χ0) is 18.7. The van der Waals surface area contributed by atoms with Crippen molar-refractivity contribution in [2.75, 3.05) is 0 Å². The first kappa shape index (κ1) is 16.0. The van der Waals surface area contributed by atoms with Crippen LogP contribution in [0.5, 0.6) is 0 Å². The van der Waals surface area contributed by atoms with E-state index in [1.807, 2.05) is 12.1 Å². The van der Waals surface area contributed by atoms with Crippen LogP contribution in [0.4, 0.5) is 0 Å². The van der Waals surface area contributed by atoms with E-state index in [9.17, 15) is 0 Å². The van der Waals surface area contributed by atoms with Crippen LogP contribution in [-0.4, -0.2) is 9.97 Å². The number of hydrogen-bond donors (Lipinski definition) is 0. The van der Waals surface area contributed by atoms with Gasteiger partial charge in [-0.2, -0.15) is 0 Å². The number of hydrogen-bond acceptors (Lipinski definition) is 3. The fraction of sp³-hybridized carbons (Fsp3) is 0. The van der Waals surface area contributed by atoms with Crippen LogP contribution in [0.2, 0.25) is 5.15 Å². The number of benzene rings is 4. The Morgan fingerprint density at radius 1 is 0.679 bits per heavy atom. The summed E-state index contributed by atoms with van der Waals surface area (Å²) in [5.41, 5.74) is 0.977. The van der Waals surface area contributed by atoms with Crippen molar-refractivity contribution in [2.24, 2.45) is 0 Å². The van der Waals surface area contributed by atoms with E-state index in [-0.39, 0.29) is 0 Å². The van der Waals surface area contributed by atoms with Crippen molar-refractivity contribution in [3.05, 3.63) is 84.0 Å². The molecular weight excluding hydrogens is 384 g/mol. The third-order valence-electron chi connectivity index (χ3n) is 5.16. The van der Waals surface area contributed by atoms with Gasteiger partial charge in [-0.1, -0.05) is 72.3 Å². The van der Waals surface area contributed by atoms with E-state index >= 15 is 0 Å². The van der Waals surface area contributed by atoms with Gasteiger partial charge in [0.1, 0.15) is 9.98 Å². The summed E-state index contributed by atoms with van der Waals surface area (Å²) < 4.78 is 1.18. The standard InChI is InChI=1S/C24H13ClN2S/c25-22-21-19-12-16-7-3-4-8-17(16)13-20(19)28-24(21)27-23(26-22)18-10-9-14-5-1-2-6-15(14)11-18/h1-13H. The summed E-state index contributed by atoms with van der Waals surface area (Å²) in [6.07, 6.45) is 0. The highest BCUT2D eigenvalue weighted by molar-refractivity contribution is 7.25. The molecule has 2 aromatic heterocycles. The van der Waals surface area contributed by atoms with Crippen molar-refractivity contribution in [3.63, 3.8) is 0 Å². The number of nitrogens with zero attached hydrogens (tertiary/aromatic N) is 2. The van der Waals surface area contributed by atoms with Crippen LogP contribution >= 0.6 is 22.9 Å². The molecule has 6 aromatic rings. The summed E-state index contributed by atoms with van der Waals surface area (Å²) in [7, 11) is 0. The van der Waals surface area contributed by atoms with Gasteiger partial charge < -0.3 is 0 Å². The predicted octanol–water partition coefficient (Wildman–Crippen LogP) is 7.47. The molecule has 0 aliphatic rings. The maximum Gasteiger partial charge on any atom is 0.162 e. The van der Waals surface area contributed by atoms with Crippen LogP contribution in [0.15, 0.2) is 78.9 Å². The Kier molecular flexibility index (Phi) is 3.42. The molecule has 0 amide bonds. The SMILES string of the molecule is Clc1nc(-c2ccc3ccccc3c2)nc2sc3cc4ccccc4cc3c12. The largest absolute Gasteiger partial charge is 0.217 e. The zero-order valence-corrected chi connectivity index (χ0v) is 16.3. The molecule has 0 radical (unpaired) electrons. The fourth-order valence-electron chi connectivity index (χ4n) is 3.78. The maximum atomic E-state index is 6.66.